The zero-order valence-corrected chi connectivity index (χ0v) is 11.5. The minimum atomic E-state index is 1.11. The molecule has 17 heavy (non-hydrogen) atoms. The first-order valence-electron chi connectivity index (χ1n) is 6.72. The van der Waals surface area contributed by atoms with Gasteiger partial charge >= 0.3 is 0 Å². The van der Waals surface area contributed by atoms with E-state index in [9.17, 15) is 0 Å². The molecule has 96 valence electrons. The van der Waals surface area contributed by atoms with Crippen LogP contribution in [0.25, 0.3) is 0 Å². The Bertz CT molecular complexity index is 292. The maximum Gasteiger partial charge on any atom is 0.0363 e. The molecule has 1 aromatic rings. The van der Waals surface area contributed by atoms with Gasteiger partial charge in [0.15, 0.2) is 0 Å². The van der Waals surface area contributed by atoms with Crippen LogP contribution >= 0.6 is 0 Å². The molecule has 0 spiro atoms. The number of unbranched alkanes of at least 4 members (excludes halogenated alkanes) is 1. The van der Waals surface area contributed by atoms with E-state index in [1.165, 1.54) is 36.9 Å². The summed E-state index contributed by atoms with van der Waals surface area (Å²) in [5.74, 6) is 0. The van der Waals surface area contributed by atoms with Crippen LogP contribution in [0.15, 0.2) is 24.3 Å². The number of nitrogens with one attached hydrogen (secondary N) is 1. The summed E-state index contributed by atoms with van der Waals surface area (Å²) >= 11 is 0. The average Bonchev–Trinajstić information content (AvgIpc) is 2.36. The van der Waals surface area contributed by atoms with Crippen molar-refractivity contribution in [3.63, 3.8) is 0 Å². The van der Waals surface area contributed by atoms with Gasteiger partial charge in [0.05, 0.1) is 0 Å². The lowest BCUT2D eigenvalue weighted by Gasteiger charge is -2.19. The molecule has 1 rings (SSSR count). The van der Waals surface area contributed by atoms with Crippen LogP contribution in [0.3, 0.4) is 0 Å². The third-order valence-corrected chi connectivity index (χ3v) is 3.09. The fourth-order valence-corrected chi connectivity index (χ4v) is 1.99. The van der Waals surface area contributed by atoms with Gasteiger partial charge in [0, 0.05) is 19.3 Å². The molecule has 0 aliphatic rings. The van der Waals surface area contributed by atoms with Gasteiger partial charge in [-0.2, -0.15) is 0 Å². The molecule has 2 nitrogen and oxygen atoms in total. The second-order valence-electron chi connectivity index (χ2n) is 4.65. The van der Waals surface area contributed by atoms with Crippen LogP contribution in [-0.2, 0) is 6.42 Å². The van der Waals surface area contributed by atoms with Crippen LogP contribution in [0.2, 0.25) is 0 Å². The predicted molar refractivity (Wildman–Crippen MR) is 76.9 cm³/mol. The van der Waals surface area contributed by atoms with E-state index < -0.39 is 0 Å². The summed E-state index contributed by atoms with van der Waals surface area (Å²) in [5, 5.41) is 3.18. The lowest BCUT2D eigenvalue weighted by atomic mass is 10.1. The Morgan fingerprint density at radius 1 is 1.12 bits per heavy atom. The Labute approximate surface area is 106 Å². The van der Waals surface area contributed by atoms with Crippen molar-refractivity contribution in [1.82, 2.24) is 5.32 Å². The number of hydrogen-bond donors (Lipinski definition) is 1. The lowest BCUT2D eigenvalue weighted by Crippen LogP contribution is -2.19. The molecule has 0 radical (unpaired) electrons. The molecule has 0 unspecified atom stereocenters. The molecule has 0 atom stereocenters. The highest BCUT2D eigenvalue weighted by atomic mass is 15.1. The molecule has 0 bridgehead atoms. The summed E-state index contributed by atoms with van der Waals surface area (Å²) in [6.07, 6.45) is 4.90. The minimum Gasteiger partial charge on any atom is -0.375 e. The third-order valence-electron chi connectivity index (χ3n) is 3.09. The maximum absolute atomic E-state index is 3.18. The number of rotatable bonds is 8. The first-order chi connectivity index (χ1) is 8.27. The highest BCUT2D eigenvalue weighted by Gasteiger charge is 2.00. The van der Waals surface area contributed by atoms with E-state index in [1.54, 1.807) is 0 Å². The third kappa shape index (κ3) is 5.22. The van der Waals surface area contributed by atoms with E-state index in [-0.39, 0.29) is 0 Å². The van der Waals surface area contributed by atoms with Gasteiger partial charge in [-0.05, 0) is 50.6 Å². The quantitative estimate of drug-likeness (QED) is 0.695. The van der Waals surface area contributed by atoms with Crippen molar-refractivity contribution in [3.05, 3.63) is 29.8 Å². The molecule has 1 aromatic carbocycles. The van der Waals surface area contributed by atoms with E-state index in [1.807, 2.05) is 7.05 Å². The van der Waals surface area contributed by atoms with Gasteiger partial charge in [0.25, 0.3) is 0 Å². The molecule has 0 saturated carbocycles. The smallest absolute Gasteiger partial charge is 0.0363 e. The van der Waals surface area contributed by atoms with Crippen LogP contribution in [0, 0.1) is 0 Å². The number of aryl methyl sites for hydroxylation is 1. The zero-order chi connectivity index (χ0) is 12.5. The van der Waals surface area contributed by atoms with Gasteiger partial charge in [-0.25, -0.2) is 0 Å². The van der Waals surface area contributed by atoms with E-state index in [0.29, 0.717) is 0 Å². The Hall–Kier alpha value is -1.02. The topological polar surface area (TPSA) is 15.3 Å². The van der Waals surface area contributed by atoms with Gasteiger partial charge in [-0.1, -0.05) is 25.5 Å². The van der Waals surface area contributed by atoms with Crippen molar-refractivity contribution in [2.24, 2.45) is 0 Å². The molecule has 0 amide bonds. The molecule has 0 saturated heterocycles. The number of nitrogens with zero attached hydrogens (tertiary/aromatic N) is 1. The van der Waals surface area contributed by atoms with Crippen molar-refractivity contribution < 1.29 is 0 Å². The van der Waals surface area contributed by atoms with E-state index in [2.05, 4.69) is 48.5 Å². The summed E-state index contributed by atoms with van der Waals surface area (Å²) < 4.78 is 0. The Morgan fingerprint density at radius 2 is 1.82 bits per heavy atom. The predicted octanol–water partition coefficient (Wildman–Crippen LogP) is 3.07. The minimum absolute atomic E-state index is 1.11. The fourth-order valence-electron chi connectivity index (χ4n) is 1.99. The summed E-state index contributed by atoms with van der Waals surface area (Å²) in [4.78, 5) is 2.34. The first kappa shape index (κ1) is 14.0. The fraction of sp³-hybridized carbons (Fsp3) is 0.600. The largest absolute Gasteiger partial charge is 0.375 e. The molecule has 0 aliphatic heterocycles. The summed E-state index contributed by atoms with van der Waals surface area (Å²) in [6, 6.07) is 8.98. The van der Waals surface area contributed by atoms with Gasteiger partial charge in [0.2, 0.25) is 0 Å². The number of hydrogen-bond acceptors (Lipinski definition) is 2. The number of benzene rings is 1. The van der Waals surface area contributed by atoms with Crippen molar-refractivity contribution >= 4 is 5.69 Å². The van der Waals surface area contributed by atoms with E-state index in [4.69, 9.17) is 0 Å². The van der Waals surface area contributed by atoms with Crippen LogP contribution in [0.5, 0.6) is 0 Å². The SMILES string of the molecule is CCCc1ccc(N(C)CCCCNC)cc1. The van der Waals surface area contributed by atoms with Crippen molar-refractivity contribution in [1.29, 1.82) is 0 Å². The first-order valence-corrected chi connectivity index (χ1v) is 6.72. The zero-order valence-electron chi connectivity index (χ0n) is 11.5. The van der Waals surface area contributed by atoms with Gasteiger partial charge in [-0.15, -0.1) is 0 Å². The van der Waals surface area contributed by atoms with Crippen LogP contribution in [0.1, 0.15) is 31.7 Å². The molecular weight excluding hydrogens is 208 g/mol. The summed E-state index contributed by atoms with van der Waals surface area (Å²) in [5.41, 5.74) is 2.77. The second-order valence-corrected chi connectivity index (χ2v) is 4.65. The highest BCUT2D eigenvalue weighted by molar-refractivity contribution is 5.46. The van der Waals surface area contributed by atoms with Crippen LogP contribution in [0.4, 0.5) is 5.69 Å². The van der Waals surface area contributed by atoms with Crippen molar-refractivity contribution in [2.75, 3.05) is 32.1 Å². The highest BCUT2D eigenvalue weighted by Crippen LogP contribution is 2.15. The van der Waals surface area contributed by atoms with E-state index >= 15 is 0 Å². The normalized spacial score (nSPS) is 10.5. The Morgan fingerprint density at radius 3 is 2.41 bits per heavy atom. The van der Waals surface area contributed by atoms with Gasteiger partial charge < -0.3 is 10.2 Å². The molecule has 0 heterocycles. The standard InChI is InChI=1S/C15H26N2/c1-4-7-14-8-10-15(11-9-14)17(3)13-6-5-12-16-2/h8-11,16H,4-7,12-13H2,1-3H3. The Kier molecular flexibility index (Phi) is 6.71. The summed E-state index contributed by atoms with van der Waals surface area (Å²) in [6.45, 7) is 4.47. The average molecular weight is 234 g/mol. The van der Waals surface area contributed by atoms with Crippen molar-refractivity contribution in [2.45, 2.75) is 32.6 Å². The molecular formula is C15H26N2. The van der Waals surface area contributed by atoms with Gasteiger partial charge in [-0.3, -0.25) is 0 Å². The van der Waals surface area contributed by atoms with Crippen molar-refractivity contribution in [3.8, 4) is 0 Å². The summed E-state index contributed by atoms with van der Waals surface area (Å²) in [7, 11) is 4.18. The van der Waals surface area contributed by atoms with Gasteiger partial charge in [0.1, 0.15) is 0 Å². The van der Waals surface area contributed by atoms with Crippen LogP contribution in [-0.4, -0.2) is 27.2 Å². The van der Waals surface area contributed by atoms with E-state index in [0.717, 1.165) is 13.1 Å². The Balaban J connectivity index is 2.37. The monoisotopic (exact) mass is 234 g/mol. The molecule has 2 heteroatoms. The molecule has 0 fully saturated rings. The molecule has 0 aliphatic carbocycles. The molecule has 0 aromatic heterocycles. The lowest BCUT2D eigenvalue weighted by molar-refractivity contribution is 0.671. The van der Waals surface area contributed by atoms with Crippen LogP contribution < -0.4 is 10.2 Å². The second kappa shape index (κ2) is 8.13. The molecule has 1 N–H and O–H groups in total. The maximum atomic E-state index is 3.18. The number of anilines is 1.